The van der Waals surface area contributed by atoms with Gasteiger partial charge in [0.25, 0.3) is 5.91 Å². The zero-order valence-electron chi connectivity index (χ0n) is 8.84. The van der Waals surface area contributed by atoms with Crippen LogP contribution in [0.15, 0.2) is 16.7 Å². The van der Waals surface area contributed by atoms with Crippen molar-refractivity contribution in [2.75, 3.05) is 18.6 Å². The van der Waals surface area contributed by atoms with E-state index in [9.17, 15) is 4.79 Å². The molecule has 1 aromatic rings. The molecule has 1 heterocycles. The Morgan fingerprint density at radius 3 is 3.00 bits per heavy atom. The van der Waals surface area contributed by atoms with Crippen LogP contribution in [0.25, 0.3) is 0 Å². The van der Waals surface area contributed by atoms with Gasteiger partial charge in [0.15, 0.2) is 0 Å². The lowest BCUT2D eigenvalue weighted by atomic mass is 10.2. The van der Waals surface area contributed by atoms with Crippen LogP contribution in [0.2, 0.25) is 0 Å². The fourth-order valence-corrected chi connectivity index (χ4v) is 2.23. The van der Waals surface area contributed by atoms with Crippen molar-refractivity contribution in [2.45, 2.75) is 6.92 Å². The van der Waals surface area contributed by atoms with E-state index in [1.807, 2.05) is 0 Å². The summed E-state index contributed by atoms with van der Waals surface area (Å²) in [6, 6.07) is 1.77. The predicted molar refractivity (Wildman–Crippen MR) is 68.4 cm³/mol. The first-order valence-electron chi connectivity index (χ1n) is 4.74. The quantitative estimate of drug-likeness (QED) is 0.875. The average Bonchev–Trinajstić information content (AvgIpc) is 2.62. The molecule has 1 rings (SSSR count). The molecule has 0 saturated carbocycles. The highest BCUT2D eigenvalue weighted by Gasteiger charge is 2.08. The van der Waals surface area contributed by atoms with E-state index in [4.69, 9.17) is 0 Å². The Balaban J connectivity index is 2.36. The molecule has 0 saturated heterocycles. The molecule has 0 aliphatic rings. The number of carbonyl (C=O) groups is 1. The number of hydrogen-bond donors (Lipinski definition) is 2. The molecular formula is C10H15BrN2OS. The Bertz CT molecular complexity index is 327. The number of nitrogens with one attached hydrogen (secondary N) is 2. The summed E-state index contributed by atoms with van der Waals surface area (Å²) in [7, 11) is 0. The standard InChI is InChI=1S/C10H15BrN2OS/c1-7(6-15-2)4-13-10(14)9-3-8(11)5-12-9/h3,5,7,12H,4,6H2,1-2H3,(H,13,14). The number of carbonyl (C=O) groups excluding carboxylic acids is 1. The molecule has 1 unspecified atom stereocenters. The Labute approximate surface area is 103 Å². The van der Waals surface area contributed by atoms with Crippen molar-refractivity contribution in [3.63, 3.8) is 0 Å². The van der Waals surface area contributed by atoms with Crippen LogP contribution >= 0.6 is 27.7 Å². The summed E-state index contributed by atoms with van der Waals surface area (Å²) in [5.74, 6) is 1.52. The van der Waals surface area contributed by atoms with Crippen molar-refractivity contribution in [3.05, 3.63) is 22.4 Å². The van der Waals surface area contributed by atoms with Gasteiger partial charge < -0.3 is 10.3 Å². The maximum atomic E-state index is 11.6. The number of thioether (sulfide) groups is 1. The second kappa shape index (κ2) is 6.23. The van der Waals surface area contributed by atoms with E-state index in [-0.39, 0.29) is 5.91 Å². The van der Waals surface area contributed by atoms with Crippen LogP contribution in [0.3, 0.4) is 0 Å². The molecule has 0 aliphatic heterocycles. The molecule has 5 heteroatoms. The number of hydrogen-bond acceptors (Lipinski definition) is 2. The molecule has 2 N–H and O–H groups in total. The van der Waals surface area contributed by atoms with Gasteiger partial charge in [0.05, 0.1) is 0 Å². The maximum Gasteiger partial charge on any atom is 0.267 e. The minimum Gasteiger partial charge on any atom is -0.356 e. The molecule has 0 radical (unpaired) electrons. The number of aromatic nitrogens is 1. The Hall–Kier alpha value is -0.420. The summed E-state index contributed by atoms with van der Waals surface area (Å²) >= 11 is 5.09. The van der Waals surface area contributed by atoms with Crippen LogP contribution in [-0.4, -0.2) is 29.4 Å². The normalized spacial score (nSPS) is 12.5. The van der Waals surface area contributed by atoms with Crippen LogP contribution in [0.5, 0.6) is 0 Å². The Kier molecular flexibility index (Phi) is 5.25. The lowest BCUT2D eigenvalue weighted by Gasteiger charge is -2.10. The maximum absolute atomic E-state index is 11.6. The molecule has 0 fully saturated rings. The summed E-state index contributed by atoms with van der Waals surface area (Å²) < 4.78 is 0.893. The number of halogens is 1. The smallest absolute Gasteiger partial charge is 0.267 e. The third-order valence-corrected chi connectivity index (χ3v) is 3.31. The summed E-state index contributed by atoms with van der Waals surface area (Å²) in [6.45, 7) is 2.84. The lowest BCUT2D eigenvalue weighted by Crippen LogP contribution is -2.29. The first-order valence-corrected chi connectivity index (χ1v) is 6.93. The van der Waals surface area contributed by atoms with Gasteiger partial charge in [-0.2, -0.15) is 11.8 Å². The van der Waals surface area contributed by atoms with Gasteiger partial charge in [0.1, 0.15) is 5.69 Å². The Morgan fingerprint density at radius 2 is 2.47 bits per heavy atom. The van der Waals surface area contributed by atoms with Crippen LogP contribution < -0.4 is 5.32 Å². The molecule has 3 nitrogen and oxygen atoms in total. The highest BCUT2D eigenvalue weighted by Crippen LogP contribution is 2.10. The van der Waals surface area contributed by atoms with E-state index < -0.39 is 0 Å². The second-order valence-electron chi connectivity index (χ2n) is 3.50. The molecule has 0 spiro atoms. The van der Waals surface area contributed by atoms with Crippen LogP contribution in [0, 0.1) is 5.92 Å². The van der Waals surface area contributed by atoms with Gasteiger partial charge >= 0.3 is 0 Å². The molecule has 0 aromatic carbocycles. The van der Waals surface area contributed by atoms with E-state index in [1.54, 1.807) is 24.0 Å². The van der Waals surface area contributed by atoms with E-state index in [2.05, 4.69) is 39.4 Å². The topological polar surface area (TPSA) is 44.9 Å². The van der Waals surface area contributed by atoms with Gasteiger partial charge in [-0.05, 0) is 39.9 Å². The molecule has 84 valence electrons. The third kappa shape index (κ3) is 4.30. The highest BCUT2D eigenvalue weighted by atomic mass is 79.9. The summed E-state index contributed by atoms with van der Waals surface area (Å²) in [5, 5.41) is 2.89. The minimum absolute atomic E-state index is 0.0475. The fraction of sp³-hybridized carbons (Fsp3) is 0.500. The van der Waals surface area contributed by atoms with Crippen LogP contribution in [0.1, 0.15) is 17.4 Å². The fourth-order valence-electron chi connectivity index (χ4n) is 1.20. The first-order chi connectivity index (χ1) is 7.13. The first kappa shape index (κ1) is 12.6. The second-order valence-corrected chi connectivity index (χ2v) is 5.33. The van der Waals surface area contributed by atoms with Crippen molar-refractivity contribution in [1.29, 1.82) is 0 Å². The SMILES string of the molecule is CSCC(C)CNC(=O)c1cc(Br)c[nH]1. The number of H-pyrrole nitrogens is 1. The van der Waals surface area contributed by atoms with Crippen molar-refractivity contribution in [1.82, 2.24) is 10.3 Å². The third-order valence-electron chi connectivity index (χ3n) is 1.95. The molecule has 0 bridgehead atoms. The minimum atomic E-state index is -0.0475. The van der Waals surface area contributed by atoms with Crippen molar-refractivity contribution in [3.8, 4) is 0 Å². The van der Waals surface area contributed by atoms with Crippen molar-refractivity contribution in [2.24, 2.45) is 5.92 Å². The molecule has 1 amide bonds. The summed E-state index contributed by atoms with van der Waals surface area (Å²) in [4.78, 5) is 14.5. The van der Waals surface area contributed by atoms with Gasteiger partial charge in [-0.15, -0.1) is 0 Å². The van der Waals surface area contributed by atoms with Gasteiger partial charge in [0, 0.05) is 17.2 Å². The van der Waals surface area contributed by atoms with E-state index in [0.717, 1.165) is 16.8 Å². The molecule has 1 aromatic heterocycles. The van der Waals surface area contributed by atoms with E-state index >= 15 is 0 Å². The molecule has 15 heavy (non-hydrogen) atoms. The van der Waals surface area contributed by atoms with Gasteiger partial charge in [-0.3, -0.25) is 4.79 Å². The summed E-state index contributed by atoms with van der Waals surface area (Å²) in [5.41, 5.74) is 0.596. The summed E-state index contributed by atoms with van der Waals surface area (Å²) in [6.07, 6.45) is 3.82. The predicted octanol–water partition coefficient (Wildman–Crippen LogP) is 2.51. The van der Waals surface area contributed by atoms with Gasteiger partial charge in [-0.25, -0.2) is 0 Å². The van der Waals surface area contributed by atoms with Gasteiger partial charge in [-0.1, -0.05) is 6.92 Å². The van der Waals surface area contributed by atoms with Crippen LogP contribution in [0.4, 0.5) is 0 Å². The zero-order valence-corrected chi connectivity index (χ0v) is 11.2. The average molecular weight is 291 g/mol. The van der Waals surface area contributed by atoms with Gasteiger partial charge in [0.2, 0.25) is 0 Å². The van der Waals surface area contributed by atoms with Crippen molar-refractivity contribution < 1.29 is 4.79 Å². The number of rotatable bonds is 5. The molecule has 1 atom stereocenters. The molecule has 0 aliphatic carbocycles. The largest absolute Gasteiger partial charge is 0.356 e. The number of amides is 1. The lowest BCUT2D eigenvalue weighted by molar-refractivity contribution is 0.0945. The highest BCUT2D eigenvalue weighted by molar-refractivity contribution is 9.10. The monoisotopic (exact) mass is 290 g/mol. The van der Waals surface area contributed by atoms with E-state index in [0.29, 0.717) is 11.6 Å². The zero-order chi connectivity index (χ0) is 11.3. The van der Waals surface area contributed by atoms with Crippen LogP contribution in [-0.2, 0) is 0 Å². The Morgan fingerprint density at radius 1 is 1.73 bits per heavy atom. The number of aromatic amines is 1. The molecular weight excluding hydrogens is 276 g/mol. The van der Waals surface area contributed by atoms with Crippen molar-refractivity contribution >= 4 is 33.6 Å². The van der Waals surface area contributed by atoms with E-state index in [1.165, 1.54) is 0 Å².